The number of aryl methyl sites for hydroxylation is 2. The van der Waals surface area contributed by atoms with Crippen molar-refractivity contribution in [2.24, 2.45) is 0 Å². The number of nitrogens with zero attached hydrogens (tertiary/aromatic N) is 2. The molecule has 0 aliphatic carbocycles. The third-order valence-electron chi connectivity index (χ3n) is 6.82. The van der Waals surface area contributed by atoms with Crippen LogP contribution in [0.3, 0.4) is 0 Å². The maximum absolute atomic E-state index is 6.04. The summed E-state index contributed by atoms with van der Waals surface area (Å²) in [6.07, 6.45) is 4.27. The highest BCUT2D eigenvalue weighted by atomic mass is 16.5. The van der Waals surface area contributed by atoms with Gasteiger partial charge in [0, 0.05) is 23.3 Å². The number of fused-ring (bicyclic) bond motifs is 2. The normalized spacial score (nSPS) is 11.6. The Bertz CT molecular complexity index is 1730. The second kappa shape index (κ2) is 10.7. The molecule has 0 N–H and O–H groups in total. The standard InChI is InChI=1S/C34H30N2O4/c1-5-37-27-13-15-29-31(19-27)39-33(35-29)25-11-9-23(21(3)17-25)7-8-24-10-12-26(18-22(24)4)34-36-30-16-14-28(38-6-2)20-32(30)40-34/h7-20H,5-6H2,1-4H3. The summed E-state index contributed by atoms with van der Waals surface area (Å²) in [6.45, 7) is 9.34. The molecule has 2 heterocycles. The van der Waals surface area contributed by atoms with E-state index in [0.29, 0.717) is 25.0 Å². The van der Waals surface area contributed by atoms with E-state index in [1.807, 2.05) is 62.4 Å². The summed E-state index contributed by atoms with van der Waals surface area (Å²) in [5.74, 6) is 2.76. The van der Waals surface area contributed by atoms with E-state index >= 15 is 0 Å². The predicted octanol–water partition coefficient (Wildman–Crippen LogP) is 8.89. The van der Waals surface area contributed by atoms with Crippen LogP contribution in [0.4, 0.5) is 0 Å². The van der Waals surface area contributed by atoms with Crippen LogP contribution in [-0.2, 0) is 0 Å². The van der Waals surface area contributed by atoms with Gasteiger partial charge in [0.1, 0.15) is 22.5 Å². The van der Waals surface area contributed by atoms with Crippen LogP contribution in [0.5, 0.6) is 11.5 Å². The fourth-order valence-corrected chi connectivity index (χ4v) is 4.74. The summed E-state index contributed by atoms with van der Waals surface area (Å²) in [7, 11) is 0. The maximum atomic E-state index is 6.04. The number of rotatable bonds is 8. The first kappa shape index (κ1) is 25.4. The van der Waals surface area contributed by atoms with Crippen LogP contribution in [0, 0.1) is 13.8 Å². The zero-order valence-electron chi connectivity index (χ0n) is 23.0. The summed E-state index contributed by atoms with van der Waals surface area (Å²) in [6, 6.07) is 23.9. The smallest absolute Gasteiger partial charge is 0.227 e. The topological polar surface area (TPSA) is 70.5 Å². The number of ether oxygens (including phenoxy) is 2. The molecule has 2 aromatic heterocycles. The molecule has 0 aliphatic rings. The SMILES string of the molecule is CCOc1ccc2nc(-c3ccc(C=Cc4ccc(-c5nc6ccc(OCC)cc6o5)cc4C)c(C)c3)oc2c1. The van der Waals surface area contributed by atoms with Crippen molar-refractivity contribution in [2.75, 3.05) is 13.2 Å². The van der Waals surface area contributed by atoms with Gasteiger partial charge in [-0.25, -0.2) is 9.97 Å². The van der Waals surface area contributed by atoms with Gasteiger partial charge in [0.05, 0.1) is 13.2 Å². The van der Waals surface area contributed by atoms with Crippen LogP contribution in [0.25, 0.3) is 57.3 Å². The summed E-state index contributed by atoms with van der Waals surface area (Å²) in [5.41, 5.74) is 9.48. The molecule has 0 radical (unpaired) electrons. The fraction of sp³-hybridized carbons (Fsp3) is 0.176. The van der Waals surface area contributed by atoms with Crippen LogP contribution >= 0.6 is 0 Å². The molecule has 0 bridgehead atoms. The quantitative estimate of drug-likeness (QED) is 0.183. The lowest BCUT2D eigenvalue weighted by atomic mass is 10.0. The van der Waals surface area contributed by atoms with Gasteiger partial charge in [0.15, 0.2) is 11.2 Å². The van der Waals surface area contributed by atoms with Gasteiger partial charge in [0.2, 0.25) is 11.8 Å². The van der Waals surface area contributed by atoms with Crippen molar-refractivity contribution >= 4 is 34.4 Å². The van der Waals surface area contributed by atoms with Gasteiger partial charge in [-0.15, -0.1) is 0 Å². The van der Waals surface area contributed by atoms with Crippen molar-refractivity contribution < 1.29 is 18.3 Å². The van der Waals surface area contributed by atoms with Crippen LogP contribution in [0.2, 0.25) is 0 Å². The Morgan fingerprint density at radius 2 is 1.05 bits per heavy atom. The Morgan fingerprint density at radius 3 is 1.45 bits per heavy atom. The second-order valence-corrected chi connectivity index (χ2v) is 9.64. The second-order valence-electron chi connectivity index (χ2n) is 9.64. The van der Waals surface area contributed by atoms with Gasteiger partial charge in [-0.3, -0.25) is 0 Å². The molecule has 0 saturated carbocycles. The van der Waals surface area contributed by atoms with Crippen molar-refractivity contribution in [3.05, 3.63) is 95.1 Å². The molecule has 0 fully saturated rings. The van der Waals surface area contributed by atoms with Gasteiger partial charge < -0.3 is 18.3 Å². The van der Waals surface area contributed by atoms with Gasteiger partial charge in [-0.2, -0.15) is 0 Å². The highest BCUT2D eigenvalue weighted by Gasteiger charge is 2.12. The van der Waals surface area contributed by atoms with Crippen molar-refractivity contribution in [1.29, 1.82) is 0 Å². The Kier molecular flexibility index (Phi) is 6.83. The van der Waals surface area contributed by atoms with Crippen molar-refractivity contribution in [3.8, 4) is 34.4 Å². The highest BCUT2D eigenvalue weighted by Crippen LogP contribution is 2.31. The van der Waals surface area contributed by atoms with Gasteiger partial charge >= 0.3 is 0 Å². The van der Waals surface area contributed by atoms with Crippen LogP contribution in [-0.4, -0.2) is 23.2 Å². The predicted molar refractivity (Wildman–Crippen MR) is 160 cm³/mol. The summed E-state index contributed by atoms with van der Waals surface area (Å²) in [5, 5.41) is 0. The molecule has 6 nitrogen and oxygen atoms in total. The minimum Gasteiger partial charge on any atom is -0.494 e. The van der Waals surface area contributed by atoms with E-state index in [1.165, 1.54) is 0 Å². The Morgan fingerprint density at radius 1 is 0.600 bits per heavy atom. The molecule has 0 aliphatic heterocycles. The zero-order valence-corrected chi connectivity index (χ0v) is 23.0. The number of aromatic nitrogens is 2. The monoisotopic (exact) mass is 530 g/mol. The van der Waals surface area contributed by atoms with Crippen molar-refractivity contribution in [1.82, 2.24) is 9.97 Å². The highest BCUT2D eigenvalue weighted by molar-refractivity contribution is 5.80. The first-order chi connectivity index (χ1) is 19.5. The Balaban J connectivity index is 1.21. The molecule has 40 heavy (non-hydrogen) atoms. The molecular formula is C34H30N2O4. The molecule has 6 heteroatoms. The Labute approximate surface area is 232 Å². The Hall–Kier alpha value is -4.84. The molecule has 0 atom stereocenters. The first-order valence-electron chi connectivity index (χ1n) is 13.5. The van der Waals surface area contributed by atoms with Crippen LogP contribution in [0.1, 0.15) is 36.1 Å². The molecule has 4 aromatic carbocycles. The largest absolute Gasteiger partial charge is 0.494 e. The lowest BCUT2D eigenvalue weighted by Gasteiger charge is -2.05. The molecular weight excluding hydrogens is 500 g/mol. The van der Waals surface area contributed by atoms with E-state index in [2.05, 4.69) is 60.2 Å². The van der Waals surface area contributed by atoms with E-state index in [1.54, 1.807) is 0 Å². The van der Waals surface area contributed by atoms with Crippen molar-refractivity contribution in [2.45, 2.75) is 27.7 Å². The molecule has 6 rings (SSSR count). The zero-order chi connectivity index (χ0) is 27.6. The van der Waals surface area contributed by atoms with Crippen molar-refractivity contribution in [3.63, 3.8) is 0 Å². The number of hydrogen-bond acceptors (Lipinski definition) is 6. The molecule has 200 valence electrons. The number of oxazole rings is 2. The van der Waals surface area contributed by atoms with Crippen LogP contribution in [0.15, 0.2) is 81.6 Å². The molecule has 6 aromatic rings. The average Bonchev–Trinajstić information content (AvgIpc) is 3.57. The third-order valence-corrected chi connectivity index (χ3v) is 6.82. The lowest BCUT2D eigenvalue weighted by molar-refractivity contribution is 0.340. The van der Waals surface area contributed by atoms with Gasteiger partial charge in [-0.05, 0) is 98.5 Å². The summed E-state index contributed by atoms with van der Waals surface area (Å²) in [4.78, 5) is 9.32. The van der Waals surface area contributed by atoms with Crippen LogP contribution < -0.4 is 9.47 Å². The maximum Gasteiger partial charge on any atom is 0.227 e. The molecule has 0 spiro atoms. The number of hydrogen-bond donors (Lipinski definition) is 0. The van der Waals surface area contributed by atoms with E-state index in [-0.39, 0.29) is 0 Å². The van der Waals surface area contributed by atoms with E-state index in [0.717, 1.165) is 67.1 Å². The van der Waals surface area contributed by atoms with E-state index in [9.17, 15) is 0 Å². The summed E-state index contributed by atoms with van der Waals surface area (Å²) < 4.78 is 23.2. The summed E-state index contributed by atoms with van der Waals surface area (Å²) >= 11 is 0. The first-order valence-corrected chi connectivity index (χ1v) is 13.5. The minimum atomic E-state index is 0.599. The van der Waals surface area contributed by atoms with E-state index in [4.69, 9.17) is 18.3 Å². The lowest BCUT2D eigenvalue weighted by Crippen LogP contribution is -1.90. The molecule has 0 unspecified atom stereocenters. The number of benzene rings is 4. The van der Waals surface area contributed by atoms with Gasteiger partial charge in [0.25, 0.3) is 0 Å². The molecule has 0 saturated heterocycles. The minimum absolute atomic E-state index is 0.599. The van der Waals surface area contributed by atoms with E-state index < -0.39 is 0 Å². The third kappa shape index (κ3) is 5.08. The fourth-order valence-electron chi connectivity index (χ4n) is 4.74. The molecule has 0 amide bonds. The van der Waals surface area contributed by atoms with Gasteiger partial charge in [-0.1, -0.05) is 24.3 Å². The average molecular weight is 531 g/mol.